The number of hydrogen-bond acceptors (Lipinski definition) is 7. The quantitative estimate of drug-likeness (QED) is 0.336. The minimum atomic E-state index is -0.495. The van der Waals surface area contributed by atoms with Crippen LogP contribution >= 0.6 is 11.8 Å². The number of benzene rings is 1. The van der Waals surface area contributed by atoms with Crippen molar-refractivity contribution in [3.05, 3.63) is 23.8 Å². The molecule has 30 heavy (non-hydrogen) atoms. The number of hydrogen-bond donors (Lipinski definition) is 1. The molecular formula is C23H37NO5S. The van der Waals surface area contributed by atoms with E-state index in [1.54, 1.807) is 19.2 Å². The van der Waals surface area contributed by atoms with E-state index in [1.807, 2.05) is 19.9 Å². The molecule has 0 amide bonds. The highest BCUT2D eigenvalue weighted by Crippen LogP contribution is 2.31. The van der Waals surface area contributed by atoms with E-state index < -0.39 is 6.04 Å². The lowest BCUT2D eigenvalue weighted by Crippen LogP contribution is -2.22. The molecule has 1 aliphatic heterocycles. The van der Waals surface area contributed by atoms with Crippen LogP contribution in [0, 0.1) is 0 Å². The number of ether oxygens (including phenoxy) is 3. The molecule has 0 aliphatic carbocycles. The van der Waals surface area contributed by atoms with Crippen molar-refractivity contribution in [1.82, 2.24) is 0 Å². The number of carbonyl (C=O) groups is 1. The number of nitrogens with zero attached hydrogens (tertiary/aromatic N) is 1. The summed E-state index contributed by atoms with van der Waals surface area (Å²) in [6.45, 7) is 7.91. The lowest BCUT2D eigenvalue weighted by molar-refractivity contribution is -0.144. The second kappa shape index (κ2) is 16.0. The zero-order valence-corrected chi connectivity index (χ0v) is 19.6. The smallest absolute Gasteiger partial charge is 0.331 e. The molecule has 1 atom stereocenters. The van der Waals surface area contributed by atoms with E-state index >= 15 is 0 Å². The number of phenols is 1. The zero-order chi connectivity index (χ0) is 22.2. The fourth-order valence-electron chi connectivity index (χ4n) is 2.73. The summed E-state index contributed by atoms with van der Waals surface area (Å²) in [5.74, 6) is 1.00. The number of esters is 1. The van der Waals surface area contributed by atoms with Crippen molar-refractivity contribution >= 4 is 22.8 Å². The van der Waals surface area contributed by atoms with Gasteiger partial charge in [0.2, 0.25) is 0 Å². The Hall–Kier alpha value is -1.73. The molecule has 7 heteroatoms. The van der Waals surface area contributed by atoms with Crippen LogP contribution in [-0.2, 0) is 14.3 Å². The van der Waals surface area contributed by atoms with Gasteiger partial charge in [-0.15, -0.1) is 11.8 Å². The number of methoxy groups -OCH3 is 1. The minimum Gasteiger partial charge on any atom is -0.507 e. The summed E-state index contributed by atoms with van der Waals surface area (Å²) in [6.07, 6.45) is 6.10. The summed E-state index contributed by atoms with van der Waals surface area (Å²) in [6, 6.07) is 4.73. The van der Waals surface area contributed by atoms with Gasteiger partial charge in [-0.1, -0.05) is 33.6 Å². The molecule has 0 saturated heterocycles. The van der Waals surface area contributed by atoms with E-state index in [0.717, 1.165) is 45.1 Å². The highest BCUT2D eigenvalue weighted by atomic mass is 32.2. The van der Waals surface area contributed by atoms with E-state index in [2.05, 4.69) is 11.9 Å². The number of phenolic OH excluding ortho intramolecular Hbond substituents is 1. The third kappa shape index (κ3) is 9.39. The molecule has 0 saturated carbocycles. The maximum atomic E-state index is 12.0. The van der Waals surface area contributed by atoms with Gasteiger partial charge in [0, 0.05) is 31.1 Å². The summed E-state index contributed by atoms with van der Waals surface area (Å²) in [7, 11) is 1.72. The lowest BCUT2D eigenvalue weighted by Gasteiger charge is -2.09. The molecule has 2 rings (SSSR count). The van der Waals surface area contributed by atoms with Gasteiger partial charge in [-0.05, 0) is 37.8 Å². The molecular weight excluding hydrogens is 402 g/mol. The number of rotatable bonds is 13. The maximum Gasteiger partial charge on any atom is 0.331 e. The zero-order valence-electron chi connectivity index (χ0n) is 18.8. The highest BCUT2D eigenvalue weighted by Gasteiger charge is 2.28. The van der Waals surface area contributed by atoms with Gasteiger partial charge in [0.1, 0.15) is 16.5 Å². The average molecular weight is 440 g/mol. The van der Waals surface area contributed by atoms with Crippen molar-refractivity contribution in [2.45, 2.75) is 65.3 Å². The topological polar surface area (TPSA) is 77.4 Å². The Morgan fingerprint density at radius 2 is 1.87 bits per heavy atom. The third-order valence-corrected chi connectivity index (χ3v) is 5.46. The highest BCUT2D eigenvalue weighted by molar-refractivity contribution is 8.14. The first-order valence-corrected chi connectivity index (χ1v) is 12.0. The normalized spacial score (nSPS) is 15.2. The van der Waals surface area contributed by atoms with Crippen molar-refractivity contribution in [1.29, 1.82) is 0 Å². The van der Waals surface area contributed by atoms with Crippen molar-refractivity contribution < 1.29 is 24.1 Å². The minimum absolute atomic E-state index is 0.115. The van der Waals surface area contributed by atoms with Crippen LogP contribution in [0.3, 0.4) is 0 Å². The van der Waals surface area contributed by atoms with E-state index in [-0.39, 0.29) is 11.7 Å². The number of unbranched alkanes of at least 4 members (excludes halogenated alkanes) is 4. The van der Waals surface area contributed by atoms with Crippen molar-refractivity contribution in [2.24, 2.45) is 4.99 Å². The summed E-state index contributed by atoms with van der Waals surface area (Å²) < 4.78 is 16.0. The van der Waals surface area contributed by atoms with Gasteiger partial charge in [-0.2, -0.15) is 0 Å². The van der Waals surface area contributed by atoms with E-state index in [0.29, 0.717) is 35.3 Å². The molecule has 1 N–H and O–H groups in total. The fourth-order valence-corrected chi connectivity index (χ4v) is 3.79. The summed E-state index contributed by atoms with van der Waals surface area (Å²) in [5.41, 5.74) is 0.626. The summed E-state index contributed by atoms with van der Waals surface area (Å²) in [5, 5.41) is 11.0. The van der Waals surface area contributed by atoms with Crippen molar-refractivity contribution in [2.75, 3.05) is 32.7 Å². The van der Waals surface area contributed by atoms with Crippen molar-refractivity contribution in [3.63, 3.8) is 0 Å². The molecule has 1 aliphatic rings. The first-order chi connectivity index (χ1) is 14.7. The number of aromatic hydroxyl groups is 1. The molecule has 0 bridgehead atoms. The van der Waals surface area contributed by atoms with Gasteiger partial charge in [0.05, 0.1) is 13.2 Å². The fraction of sp³-hybridized carbons (Fsp3) is 0.652. The number of thioether (sulfide) groups is 1. The van der Waals surface area contributed by atoms with Gasteiger partial charge >= 0.3 is 5.97 Å². The Balaban J connectivity index is 0.00000218. The molecule has 170 valence electrons. The average Bonchev–Trinajstić information content (AvgIpc) is 3.25. The Bertz CT molecular complexity index is 650. The van der Waals surface area contributed by atoms with Crippen molar-refractivity contribution in [3.8, 4) is 11.5 Å². The van der Waals surface area contributed by atoms with Crippen LogP contribution in [0.25, 0.3) is 0 Å². The maximum absolute atomic E-state index is 12.0. The van der Waals surface area contributed by atoms with E-state index in [9.17, 15) is 9.90 Å². The predicted molar refractivity (Wildman–Crippen MR) is 124 cm³/mol. The number of aliphatic imine (C=N–C) groups is 1. The van der Waals surface area contributed by atoms with Gasteiger partial charge in [0.15, 0.2) is 6.04 Å². The third-order valence-electron chi connectivity index (χ3n) is 4.38. The monoisotopic (exact) mass is 439 g/mol. The molecule has 0 fully saturated rings. The SMILES string of the molecule is CC.CCCCOC(=O)C1CSC(c2ccc(OCCCCCCOC)cc2O)=N1. The largest absolute Gasteiger partial charge is 0.507 e. The van der Waals surface area contributed by atoms with Crippen LogP contribution in [0.15, 0.2) is 23.2 Å². The Morgan fingerprint density at radius 3 is 2.53 bits per heavy atom. The molecule has 1 heterocycles. The summed E-state index contributed by atoms with van der Waals surface area (Å²) in [4.78, 5) is 16.5. The second-order valence-corrected chi connectivity index (χ2v) is 7.73. The van der Waals surface area contributed by atoms with Gasteiger partial charge in [-0.25, -0.2) is 4.79 Å². The Morgan fingerprint density at radius 1 is 1.13 bits per heavy atom. The lowest BCUT2D eigenvalue weighted by atomic mass is 10.2. The molecule has 0 spiro atoms. The van der Waals surface area contributed by atoms with Crippen LogP contribution < -0.4 is 4.74 Å². The van der Waals surface area contributed by atoms with Crippen LogP contribution in [-0.4, -0.2) is 54.8 Å². The van der Waals surface area contributed by atoms with E-state index in [1.165, 1.54) is 11.8 Å². The molecule has 6 nitrogen and oxygen atoms in total. The second-order valence-electron chi connectivity index (χ2n) is 6.72. The van der Waals surface area contributed by atoms with Gasteiger partial charge < -0.3 is 19.3 Å². The predicted octanol–water partition coefficient (Wildman–Crippen LogP) is 5.21. The molecule has 1 aromatic rings. The standard InChI is InChI=1S/C21H31NO5S.C2H6/c1-3-4-12-27-21(24)18-15-28-20(22-18)17-10-9-16(14-19(17)23)26-13-8-6-5-7-11-25-2;1-2/h9-10,14,18,23H,3-8,11-13,15H2,1-2H3;1-2H3. The molecule has 1 unspecified atom stereocenters. The van der Waals surface area contributed by atoms with Crippen LogP contribution in [0.4, 0.5) is 0 Å². The molecule has 0 radical (unpaired) electrons. The number of carbonyl (C=O) groups excluding carboxylic acids is 1. The van der Waals surface area contributed by atoms with Crippen LogP contribution in [0.5, 0.6) is 11.5 Å². The van der Waals surface area contributed by atoms with Gasteiger partial charge in [0.25, 0.3) is 0 Å². The molecule has 0 aromatic heterocycles. The summed E-state index contributed by atoms with van der Waals surface area (Å²) >= 11 is 1.46. The first kappa shape index (κ1) is 26.3. The van der Waals surface area contributed by atoms with E-state index in [4.69, 9.17) is 14.2 Å². The van der Waals surface area contributed by atoms with Crippen LogP contribution in [0.1, 0.15) is 64.9 Å². The Labute approximate surface area is 185 Å². The van der Waals surface area contributed by atoms with Gasteiger partial charge in [-0.3, -0.25) is 4.99 Å². The van der Waals surface area contributed by atoms with Crippen LogP contribution in [0.2, 0.25) is 0 Å². The Kier molecular flexibility index (Phi) is 14.1. The first-order valence-electron chi connectivity index (χ1n) is 11.0. The molecule has 1 aromatic carbocycles.